The van der Waals surface area contributed by atoms with Crippen molar-refractivity contribution < 1.29 is 12.9 Å². The molecule has 0 unspecified atom stereocenters. The number of hydrogen-bond donors (Lipinski definition) is 1. The van der Waals surface area contributed by atoms with Crippen LogP contribution in [0.25, 0.3) is 0 Å². The van der Waals surface area contributed by atoms with Crippen molar-refractivity contribution in [3.63, 3.8) is 0 Å². The van der Waals surface area contributed by atoms with Crippen molar-refractivity contribution in [3.8, 4) is 0 Å². The van der Waals surface area contributed by atoms with E-state index in [2.05, 4.69) is 28.6 Å². The Balaban J connectivity index is 2.02. The van der Waals surface area contributed by atoms with E-state index >= 15 is 0 Å². The number of nitrogens with zero attached hydrogens (tertiary/aromatic N) is 2. The Morgan fingerprint density at radius 1 is 1.08 bits per heavy atom. The number of benzene rings is 1. The molecule has 0 spiro atoms. The maximum atomic E-state index is 12.4. The maximum Gasteiger partial charge on any atom is 0.246 e. The van der Waals surface area contributed by atoms with Crippen molar-refractivity contribution in [2.45, 2.75) is 45.7 Å². The third-order valence-electron chi connectivity index (χ3n) is 4.03. The second-order valence-corrected chi connectivity index (χ2v) is 7.46. The number of hydrogen-bond acceptors (Lipinski definition) is 5. The summed E-state index contributed by atoms with van der Waals surface area (Å²) in [5.41, 5.74) is 2.50. The van der Waals surface area contributed by atoms with Gasteiger partial charge in [-0.2, -0.15) is 0 Å². The lowest BCUT2D eigenvalue weighted by molar-refractivity contribution is 0.296. The van der Waals surface area contributed by atoms with Crippen LogP contribution in [-0.4, -0.2) is 31.6 Å². The van der Waals surface area contributed by atoms with E-state index in [1.165, 1.54) is 5.56 Å². The number of aromatic nitrogens is 1. The molecule has 2 rings (SSSR count). The van der Waals surface area contributed by atoms with E-state index in [0.29, 0.717) is 11.5 Å². The molecule has 1 N–H and O–H groups in total. The van der Waals surface area contributed by atoms with E-state index in [-0.39, 0.29) is 11.4 Å². The molecule has 24 heavy (non-hydrogen) atoms. The van der Waals surface area contributed by atoms with Gasteiger partial charge in [0.05, 0.1) is 0 Å². The summed E-state index contributed by atoms with van der Waals surface area (Å²) >= 11 is 0. The Hall–Kier alpha value is -1.70. The highest BCUT2D eigenvalue weighted by Crippen LogP contribution is 2.19. The van der Waals surface area contributed by atoms with Crippen molar-refractivity contribution in [1.29, 1.82) is 0 Å². The molecule has 132 valence electrons. The van der Waals surface area contributed by atoms with Gasteiger partial charge in [0.2, 0.25) is 10.0 Å². The van der Waals surface area contributed by atoms with Gasteiger partial charge in [0.15, 0.2) is 5.76 Å². The SMILES string of the molecule is CCN(CC)Cc1ccc(CNS(=O)(=O)c2c(C)noc2C)cc1. The Morgan fingerprint density at radius 2 is 1.67 bits per heavy atom. The van der Waals surface area contributed by atoms with Gasteiger partial charge >= 0.3 is 0 Å². The van der Waals surface area contributed by atoms with Gasteiger partial charge in [0.1, 0.15) is 10.6 Å². The number of sulfonamides is 1. The largest absolute Gasteiger partial charge is 0.360 e. The van der Waals surface area contributed by atoms with Crippen LogP contribution in [0.4, 0.5) is 0 Å². The lowest BCUT2D eigenvalue weighted by atomic mass is 10.1. The molecule has 6 nitrogen and oxygen atoms in total. The maximum absolute atomic E-state index is 12.4. The zero-order valence-corrected chi connectivity index (χ0v) is 15.5. The van der Waals surface area contributed by atoms with Crippen molar-refractivity contribution in [2.24, 2.45) is 0 Å². The summed E-state index contributed by atoms with van der Waals surface area (Å²) in [6.45, 7) is 10.6. The topological polar surface area (TPSA) is 75.4 Å². The standard InChI is InChI=1S/C17H25N3O3S/c1-5-20(6-2)12-16-9-7-15(8-10-16)11-18-24(21,22)17-13(3)19-23-14(17)4/h7-10,18H,5-6,11-12H2,1-4H3. The first kappa shape index (κ1) is 18.6. The molecule has 0 bridgehead atoms. The van der Waals surface area contributed by atoms with Crippen molar-refractivity contribution in [3.05, 3.63) is 46.8 Å². The van der Waals surface area contributed by atoms with Gasteiger partial charge in [-0.05, 0) is 38.1 Å². The van der Waals surface area contributed by atoms with Gasteiger partial charge in [-0.1, -0.05) is 43.3 Å². The lowest BCUT2D eigenvalue weighted by Gasteiger charge is -2.18. The normalized spacial score (nSPS) is 12.0. The van der Waals surface area contributed by atoms with Gasteiger partial charge in [0.25, 0.3) is 0 Å². The Kier molecular flexibility index (Phi) is 6.15. The zero-order chi connectivity index (χ0) is 17.7. The third-order valence-corrected chi connectivity index (χ3v) is 5.67. The molecule has 0 radical (unpaired) electrons. The lowest BCUT2D eigenvalue weighted by Crippen LogP contribution is -2.24. The quantitative estimate of drug-likeness (QED) is 0.791. The van der Waals surface area contributed by atoms with E-state index in [4.69, 9.17) is 4.52 Å². The summed E-state index contributed by atoms with van der Waals surface area (Å²) in [5, 5.41) is 3.69. The first-order valence-electron chi connectivity index (χ1n) is 8.10. The molecule has 0 fully saturated rings. The van der Waals surface area contributed by atoms with E-state index < -0.39 is 10.0 Å². The van der Waals surface area contributed by atoms with E-state index in [1.54, 1.807) is 13.8 Å². The van der Waals surface area contributed by atoms with Gasteiger partial charge < -0.3 is 4.52 Å². The van der Waals surface area contributed by atoms with Crippen LogP contribution < -0.4 is 4.72 Å². The van der Waals surface area contributed by atoms with Gasteiger partial charge in [-0.3, -0.25) is 4.90 Å². The van der Waals surface area contributed by atoms with Crippen LogP contribution in [0, 0.1) is 13.8 Å². The molecule has 1 aromatic heterocycles. The van der Waals surface area contributed by atoms with Crippen LogP contribution in [0.3, 0.4) is 0 Å². The second kappa shape index (κ2) is 7.92. The second-order valence-electron chi connectivity index (χ2n) is 5.76. The number of aryl methyl sites for hydroxylation is 2. The van der Waals surface area contributed by atoms with Crippen LogP contribution in [0.5, 0.6) is 0 Å². The number of nitrogens with one attached hydrogen (secondary N) is 1. The first-order valence-corrected chi connectivity index (χ1v) is 9.58. The minimum Gasteiger partial charge on any atom is -0.360 e. The van der Waals surface area contributed by atoms with Crippen LogP contribution in [0.2, 0.25) is 0 Å². The molecule has 7 heteroatoms. The Labute approximate surface area is 143 Å². The Morgan fingerprint density at radius 3 is 2.17 bits per heavy atom. The Bertz CT molecular complexity index is 743. The predicted molar refractivity (Wildman–Crippen MR) is 93.1 cm³/mol. The average molecular weight is 351 g/mol. The minimum absolute atomic E-state index is 0.126. The monoisotopic (exact) mass is 351 g/mol. The van der Waals surface area contributed by atoms with Crippen LogP contribution in [0.15, 0.2) is 33.7 Å². The summed E-state index contributed by atoms with van der Waals surface area (Å²) in [4.78, 5) is 2.45. The van der Waals surface area contributed by atoms with Crippen LogP contribution in [-0.2, 0) is 23.1 Å². The fourth-order valence-electron chi connectivity index (χ4n) is 2.58. The summed E-state index contributed by atoms with van der Waals surface area (Å²) in [6, 6.07) is 7.99. The van der Waals surface area contributed by atoms with Gasteiger partial charge in [-0.25, -0.2) is 13.1 Å². The molecule has 0 saturated heterocycles. The smallest absolute Gasteiger partial charge is 0.246 e. The molecule has 0 atom stereocenters. The molecule has 0 aliphatic carbocycles. The van der Waals surface area contributed by atoms with Gasteiger partial charge in [0, 0.05) is 13.1 Å². The molecule has 1 heterocycles. The molecular weight excluding hydrogens is 326 g/mol. The van der Waals surface area contributed by atoms with Gasteiger partial charge in [-0.15, -0.1) is 0 Å². The van der Waals surface area contributed by atoms with E-state index in [1.807, 2.05) is 24.3 Å². The molecule has 0 amide bonds. The average Bonchev–Trinajstić information content (AvgIpc) is 2.91. The molecule has 0 aliphatic heterocycles. The molecule has 0 saturated carbocycles. The fourth-order valence-corrected chi connectivity index (χ4v) is 3.92. The number of rotatable bonds is 8. The van der Waals surface area contributed by atoms with Crippen molar-refractivity contribution in [1.82, 2.24) is 14.8 Å². The highest BCUT2D eigenvalue weighted by Gasteiger charge is 2.23. The van der Waals surface area contributed by atoms with E-state index in [9.17, 15) is 8.42 Å². The highest BCUT2D eigenvalue weighted by molar-refractivity contribution is 7.89. The van der Waals surface area contributed by atoms with Crippen molar-refractivity contribution >= 4 is 10.0 Å². The third kappa shape index (κ3) is 4.43. The van der Waals surface area contributed by atoms with E-state index in [0.717, 1.165) is 25.2 Å². The summed E-state index contributed by atoms with van der Waals surface area (Å²) in [6.07, 6.45) is 0. The summed E-state index contributed by atoms with van der Waals surface area (Å²) in [7, 11) is -3.63. The van der Waals surface area contributed by atoms with Crippen LogP contribution >= 0.6 is 0 Å². The predicted octanol–water partition coefficient (Wildman–Crippen LogP) is 2.61. The molecule has 1 aromatic carbocycles. The van der Waals surface area contributed by atoms with Crippen LogP contribution in [0.1, 0.15) is 36.4 Å². The fraction of sp³-hybridized carbons (Fsp3) is 0.471. The minimum atomic E-state index is -3.63. The highest BCUT2D eigenvalue weighted by atomic mass is 32.2. The van der Waals surface area contributed by atoms with Crippen molar-refractivity contribution in [2.75, 3.05) is 13.1 Å². The summed E-state index contributed by atoms with van der Waals surface area (Å²) in [5.74, 6) is 0.301. The molecule has 2 aromatic rings. The summed E-state index contributed by atoms with van der Waals surface area (Å²) < 4.78 is 32.3. The molecule has 0 aliphatic rings. The zero-order valence-electron chi connectivity index (χ0n) is 14.7. The molecular formula is C17H25N3O3S. The first-order chi connectivity index (χ1) is 11.4.